The number of hydrogen-bond acceptors (Lipinski definition) is 4. The maximum atomic E-state index is 10.4. The summed E-state index contributed by atoms with van der Waals surface area (Å²) in [4.78, 5) is 14.2. The van der Waals surface area contributed by atoms with E-state index in [4.69, 9.17) is 5.11 Å². The smallest absolute Gasteiger partial charge is 0.354 e. The summed E-state index contributed by atoms with van der Waals surface area (Å²) in [6, 6.07) is 2.93. The van der Waals surface area contributed by atoms with Crippen molar-refractivity contribution in [2.75, 3.05) is 0 Å². The Kier molecular flexibility index (Phi) is 1.26. The summed E-state index contributed by atoms with van der Waals surface area (Å²) in [5.41, 5.74) is 0.839. The van der Waals surface area contributed by atoms with Crippen LogP contribution in [0.3, 0.4) is 0 Å². The fraction of sp³-hybridized carbons (Fsp3) is 0. The lowest BCUT2D eigenvalue weighted by Crippen LogP contribution is -1.99. The molecule has 0 saturated carbocycles. The number of fused-ring (bicyclic) bond motifs is 1. The predicted octanol–water partition coefficient (Wildman–Crippen LogP) is 0.0511. The van der Waals surface area contributed by atoms with Gasteiger partial charge in [-0.15, -0.1) is 5.10 Å². The Hall–Kier alpha value is -1.98. The fourth-order valence-corrected chi connectivity index (χ4v) is 0.856. The number of hydrogen-bond donors (Lipinski definition) is 2. The average molecular weight is 164 g/mol. The maximum absolute atomic E-state index is 10.4. The van der Waals surface area contributed by atoms with Crippen molar-refractivity contribution < 1.29 is 9.90 Å². The van der Waals surface area contributed by atoms with Gasteiger partial charge in [0.15, 0.2) is 5.69 Å². The second-order valence-corrected chi connectivity index (χ2v) is 2.17. The number of carbonyl (C=O) groups is 1. The van der Waals surface area contributed by atoms with Crippen molar-refractivity contribution in [3.05, 3.63) is 17.8 Å². The highest BCUT2D eigenvalue weighted by Gasteiger charge is 2.06. The Bertz CT molecular complexity index is 436. The number of aromatic nitrogens is 4. The largest absolute Gasteiger partial charge is 0.477 e. The monoisotopic (exact) mass is 164 g/mol. The zero-order valence-corrected chi connectivity index (χ0v) is 5.85. The first-order valence-electron chi connectivity index (χ1n) is 3.18. The van der Waals surface area contributed by atoms with Crippen LogP contribution in [0.4, 0.5) is 0 Å². The van der Waals surface area contributed by atoms with Crippen LogP contribution in [0, 0.1) is 0 Å². The van der Waals surface area contributed by atoms with Gasteiger partial charge in [-0.05, 0) is 12.1 Å². The van der Waals surface area contributed by atoms with Crippen LogP contribution in [0.25, 0.3) is 11.2 Å². The molecule has 0 saturated heterocycles. The molecule has 0 aliphatic rings. The summed E-state index contributed by atoms with van der Waals surface area (Å²) in [5.74, 6) is -1.07. The van der Waals surface area contributed by atoms with Gasteiger partial charge in [0, 0.05) is 0 Å². The number of rotatable bonds is 1. The molecule has 0 aromatic carbocycles. The first-order chi connectivity index (χ1) is 5.77. The SMILES string of the molecule is O=C(O)c1ccc2n[nH]nc2n1. The zero-order valence-electron chi connectivity index (χ0n) is 5.85. The predicted molar refractivity (Wildman–Crippen MR) is 38.6 cm³/mol. The lowest BCUT2D eigenvalue weighted by atomic mass is 10.3. The van der Waals surface area contributed by atoms with E-state index in [9.17, 15) is 4.79 Å². The number of carboxylic acid groups (broad SMARTS) is 1. The van der Waals surface area contributed by atoms with Gasteiger partial charge in [-0.2, -0.15) is 10.3 Å². The minimum absolute atomic E-state index is 0.0311. The average Bonchev–Trinajstić information content (AvgIpc) is 2.49. The number of H-pyrrole nitrogens is 1. The third-order valence-corrected chi connectivity index (χ3v) is 1.40. The van der Waals surface area contributed by atoms with Crippen LogP contribution < -0.4 is 0 Å². The Morgan fingerprint density at radius 3 is 3.00 bits per heavy atom. The van der Waals surface area contributed by atoms with E-state index in [0.29, 0.717) is 11.2 Å². The van der Waals surface area contributed by atoms with Gasteiger partial charge in [0.25, 0.3) is 0 Å². The van der Waals surface area contributed by atoms with Crippen molar-refractivity contribution in [1.82, 2.24) is 20.4 Å². The topological polar surface area (TPSA) is 91.8 Å². The summed E-state index contributed by atoms with van der Waals surface area (Å²) >= 11 is 0. The summed E-state index contributed by atoms with van der Waals surface area (Å²) in [5, 5.41) is 18.3. The summed E-state index contributed by atoms with van der Waals surface area (Å²) in [6.07, 6.45) is 0. The molecule has 0 radical (unpaired) electrons. The van der Waals surface area contributed by atoms with Gasteiger partial charge in [-0.1, -0.05) is 0 Å². The normalized spacial score (nSPS) is 10.3. The molecule has 0 atom stereocenters. The molecule has 12 heavy (non-hydrogen) atoms. The summed E-state index contributed by atoms with van der Waals surface area (Å²) < 4.78 is 0. The van der Waals surface area contributed by atoms with Gasteiger partial charge >= 0.3 is 5.97 Å². The van der Waals surface area contributed by atoms with E-state index in [-0.39, 0.29) is 5.69 Å². The molecular formula is C6H4N4O2. The highest BCUT2D eigenvalue weighted by Crippen LogP contribution is 2.05. The lowest BCUT2D eigenvalue weighted by molar-refractivity contribution is 0.0691. The van der Waals surface area contributed by atoms with Gasteiger partial charge in [-0.3, -0.25) is 0 Å². The third-order valence-electron chi connectivity index (χ3n) is 1.40. The van der Waals surface area contributed by atoms with E-state index in [1.54, 1.807) is 6.07 Å². The van der Waals surface area contributed by atoms with Gasteiger partial charge < -0.3 is 5.11 Å². The molecule has 0 fully saturated rings. The Balaban J connectivity index is 2.68. The van der Waals surface area contributed by atoms with Crippen molar-refractivity contribution in [1.29, 1.82) is 0 Å². The van der Waals surface area contributed by atoms with E-state index < -0.39 is 5.97 Å². The number of aromatic carboxylic acids is 1. The Morgan fingerprint density at radius 2 is 2.25 bits per heavy atom. The first kappa shape index (κ1) is 6.71. The molecule has 0 bridgehead atoms. The van der Waals surface area contributed by atoms with Crippen molar-refractivity contribution in [2.24, 2.45) is 0 Å². The molecule has 2 N–H and O–H groups in total. The number of pyridine rings is 1. The number of carboxylic acids is 1. The zero-order chi connectivity index (χ0) is 8.55. The van der Waals surface area contributed by atoms with E-state index in [1.165, 1.54) is 6.07 Å². The molecule has 0 aliphatic carbocycles. The van der Waals surface area contributed by atoms with Crippen LogP contribution in [0.5, 0.6) is 0 Å². The number of nitrogens with one attached hydrogen (secondary N) is 1. The molecule has 60 valence electrons. The quantitative estimate of drug-likeness (QED) is 0.621. The minimum Gasteiger partial charge on any atom is -0.477 e. The molecular weight excluding hydrogens is 160 g/mol. The van der Waals surface area contributed by atoms with Gasteiger partial charge in [0.05, 0.1) is 0 Å². The third kappa shape index (κ3) is 0.895. The van der Waals surface area contributed by atoms with Gasteiger partial charge in [0.2, 0.25) is 5.65 Å². The highest BCUT2D eigenvalue weighted by molar-refractivity contribution is 5.87. The fourth-order valence-electron chi connectivity index (χ4n) is 0.856. The standard InChI is InChI=1S/C6H4N4O2/c11-6(12)4-2-1-3-5(7-4)9-10-8-3/h1-2H,(H,11,12)(H,7,8,9,10). The molecule has 2 aromatic rings. The van der Waals surface area contributed by atoms with Crippen LogP contribution >= 0.6 is 0 Å². The molecule has 6 heteroatoms. The molecule has 0 aliphatic heterocycles. The van der Waals surface area contributed by atoms with Crippen molar-refractivity contribution >= 4 is 17.1 Å². The maximum Gasteiger partial charge on any atom is 0.354 e. The second kappa shape index (κ2) is 2.26. The molecule has 2 aromatic heterocycles. The summed E-state index contributed by atoms with van der Waals surface area (Å²) in [7, 11) is 0. The molecule has 2 heterocycles. The number of nitrogens with zero attached hydrogens (tertiary/aromatic N) is 3. The minimum atomic E-state index is -1.07. The summed E-state index contributed by atoms with van der Waals surface area (Å²) in [6.45, 7) is 0. The van der Waals surface area contributed by atoms with Crippen LogP contribution in [-0.2, 0) is 0 Å². The van der Waals surface area contributed by atoms with Crippen LogP contribution in [-0.4, -0.2) is 31.5 Å². The highest BCUT2D eigenvalue weighted by atomic mass is 16.4. The second-order valence-electron chi connectivity index (χ2n) is 2.17. The van der Waals surface area contributed by atoms with Crippen molar-refractivity contribution in [3.63, 3.8) is 0 Å². The van der Waals surface area contributed by atoms with E-state index >= 15 is 0 Å². The van der Waals surface area contributed by atoms with E-state index in [2.05, 4.69) is 20.4 Å². The van der Waals surface area contributed by atoms with E-state index in [0.717, 1.165) is 0 Å². The Morgan fingerprint density at radius 1 is 1.42 bits per heavy atom. The van der Waals surface area contributed by atoms with Crippen LogP contribution in [0.1, 0.15) is 10.5 Å². The van der Waals surface area contributed by atoms with Gasteiger partial charge in [-0.25, -0.2) is 9.78 Å². The number of aromatic amines is 1. The first-order valence-corrected chi connectivity index (χ1v) is 3.18. The molecule has 0 spiro atoms. The van der Waals surface area contributed by atoms with Crippen LogP contribution in [0.2, 0.25) is 0 Å². The van der Waals surface area contributed by atoms with Crippen molar-refractivity contribution in [3.8, 4) is 0 Å². The van der Waals surface area contributed by atoms with Gasteiger partial charge in [0.1, 0.15) is 5.52 Å². The molecule has 6 nitrogen and oxygen atoms in total. The Labute approximate surface area is 66.2 Å². The molecule has 0 amide bonds. The van der Waals surface area contributed by atoms with Crippen molar-refractivity contribution in [2.45, 2.75) is 0 Å². The molecule has 0 unspecified atom stereocenters. The van der Waals surface area contributed by atoms with Crippen LogP contribution in [0.15, 0.2) is 12.1 Å². The lowest BCUT2D eigenvalue weighted by Gasteiger charge is -1.89. The molecule has 2 rings (SSSR count). The van der Waals surface area contributed by atoms with E-state index in [1.807, 2.05) is 0 Å².